The van der Waals surface area contributed by atoms with Gasteiger partial charge in [0, 0.05) is 31.9 Å². The molecule has 0 saturated carbocycles. The average Bonchev–Trinajstić information content (AvgIpc) is 3.10. The summed E-state index contributed by atoms with van der Waals surface area (Å²) in [5.74, 6) is 0.257. The number of nitrogens with zero attached hydrogens (tertiary/aromatic N) is 2. The number of sulfonamides is 1. The van der Waals surface area contributed by atoms with Crippen molar-refractivity contribution in [1.82, 2.24) is 9.21 Å². The molecule has 5 aromatic carbocycles. The predicted molar refractivity (Wildman–Crippen MR) is 182 cm³/mol. The average molecular weight is 632 g/mol. The van der Waals surface area contributed by atoms with Gasteiger partial charge < -0.3 is 10.1 Å². The van der Waals surface area contributed by atoms with Gasteiger partial charge in [-0.25, -0.2) is 8.42 Å². The monoisotopic (exact) mass is 631 g/mol. The summed E-state index contributed by atoms with van der Waals surface area (Å²) in [6, 6.07) is 44.7. The number of ether oxygens (including phenoxy) is 1. The van der Waals surface area contributed by atoms with E-state index in [4.69, 9.17) is 4.74 Å². The molecule has 8 heteroatoms. The van der Waals surface area contributed by atoms with Crippen molar-refractivity contribution in [3.05, 3.63) is 151 Å². The smallest absolute Gasteiger partial charge is 0.265 e. The van der Waals surface area contributed by atoms with Crippen LogP contribution in [0.25, 0.3) is 11.1 Å². The highest BCUT2D eigenvalue weighted by atomic mass is 32.2. The van der Waals surface area contributed by atoms with Crippen LogP contribution in [0.3, 0.4) is 0 Å². The van der Waals surface area contributed by atoms with Crippen molar-refractivity contribution in [3.8, 4) is 16.9 Å². The van der Waals surface area contributed by atoms with E-state index in [1.165, 1.54) is 11.1 Å². The third-order valence-corrected chi connectivity index (χ3v) is 10.2. The number of carbonyl (C=O) groups is 1. The van der Waals surface area contributed by atoms with Crippen LogP contribution in [0.5, 0.6) is 5.75 Å². The van der Waals surface area contributed by atoms with Gasteiger partial charge in [-0.05, 0) is 65.6 Å². The van der Waals surface area contributed by atoms with Crippen LogP contribution in [0.1, 0.15) is 24.1 Å². The van der Waals surface area contributed by atoms with Crippen molar-refractivity contribution < 1.29 is 17.9 Å². The lowest BCUT2D eigenvalue weighted by atomic mass is 9.96. The molecule has 1 aliphatic rings. The van der Waals surface area contributed by atoms with Crippen molar-refractivity contribution in [2.45, 2.75) is 24.0 Å². The standard InChI is InChI=1S/C38H37N3O4S/c1-29(45-35-21-17-31(18-22-35)30-11-5-2-6-12-30)38(42)39-34-19-23-36(24-20-34)46(43,44)41-27-25-40(26-28-41)37(32-13-7-3-8-14-32)33-15-9-4-10-16-33/h2-24,29,37H,25-28H2,1H3,(H,39,42). The van der Waals surface area contributed by atoms with E-state index in [9.17, 15) is 13.2 Å². The number of benzene rings is 5. The number of anilines is 1. The lowest BCUT2D eigenvalue weighted by Gasteiger charge is -2.39. The highest BCUT2D eigenvalue weighted by Crippen LogP contribution is 2.31. The molecule has 0 aliphatic carbocycles. The molecule has 1 aliphatic heterocycles. The molecule has 7 nitrogen and oxygen atoms in total. The van der Waals surface area contributed by atoms with Crippen molar-refractivity contribution >= 4 is 21.6 Å². The second kappa shape index (κ2) is 14.1. The Labute approximate surface area is 271 Å². The van der Waals surface area contributed by atoms with Gasteiger partial charge >= 0.3 is 0 Å². The molecule has 1 fully saturated rings. The molecule has 1 amide bonds. The highest BCUT2D eigenvalue weighted by molar-refractivity contribution is 7.89. The quantitative estimate of drug-likeness (QED) is 0.182. The number of amides is 1. The Morgan fingerprint density at radius 3 is 1.70 bits per heavy atom. The molecular weight excluding hydrogens is 595 g/mol. The fourth-order valence-corrected chi connectivity index (χ4v) is 7.23. The Morgan fingerprint density at radius 1 is 0.652 bits per heavy atom. The van der Waals surface area contributed by atoms with E-state index in [-0.39, 0.29) is 16.8 Å². The Bertz CT molecular complexity index is 1790. The minimum atomic E-state index is -3.70. The Morgan fingerprint density at radius 2 is 1.15 bits per heavy atom. The van der Waals surface area contributed by atoms with Gasteiger partial charge in [-0.15, -0.1) is 0 Å². The summed E-state index contributed by atoms with van der Waals surface area (Å²) < 4.78 is 34.5. The second-order valence-electron chi connectivity index (χ2n) is 11.3. The van der Waals surface area contributed by atoms with Gasteiger partial charge in [0.15, 0.2) is 6.10 Å². The van der Waals surface area contributed by atoms with Crippen molar-refractivity contribution in [2.24, 2.45) is 0 Å². The van der Waals surface area contributed by atoms with Crippen LogP contribution in [0.2, 0.25) is 0 Å². The van der Waals surface area contributed by atoms with Crippen LogP contribution in [0, 0.1) is 0 Å². The molecule has 1 saturated heterocycles. The van der Waals surface area contributed by atoms with E-state index < -0.39 is 16.1 Å². The number of nitrogens with one attached hydrogen (secondary N) is 1. The van der Waals surface area contributed by atoms with Crippen LogP contribution in [-0.4, -0.2) is 55.8 Å². The van der Waals surface area contributed by atoms with Crippen LogP contribution in [-0.2, 0) is 14.8 Å². The number of hydrogen-bond acceptors (Lipinski definition) is 5. The largest absolute Gasteiger partial charge is 0.481 e. The van der Waals surface area contributed by atoms with E-state index in [2.05, 4.69) is 34.5 Å². The van der Waals surface area contributed by atoms with Gasteiger partial charge in [0.2, 0.25) is 10.0 Å². The first kappa shape index (κ1) is 31.2. The fourth-order valence-electron chi connectivity index (χ4n) is 5.80. The van der Waals surface area contributed by atoms with Crippen molar-refractivity contribution in [2.75, 3.05) is 31.5 Å². The van der Waals surface area contributed by atoms with Gasteiger partial charge in [-0.3, -0.25) is 9.69 Å². The zero-order chi connectivity index (χ0) is 31.9. The molecule has 1 N–H and O–H groups in total. The van der Waals surface area contributed by atoms with Gasteiger partial charge in [0.1, 0.15) is 5.75 Å². The molecule has 1 unspecified atom stereocenters. The van der Waals surface area contributed by atoms with Gasteiger partial charge in [-0.1, -0.05) is 103 Å². The normalized spacial score (nSPS) is 14.9. The van der Waals surface area contributed by atoms with E-state index in [0.717, 1.165) is 11.1 Å². The van der Waals surface area contributed by atoms with Crippen LogP contribution in [0.15, 0.2) is 144 Å². The second-order valence-corrected chi connectivity index (χ2v) is 13.3. The summed E-state index contributed by atoms with van der Waals surface area (Å²) in [5.41, 5.74) is 5.03. The van der Waals surface area contributed by atoms with Crippen LogP contribution >= 0.6 is 0 Å². The highest BCUT2D eigenvalue weighted by Gasteiger charge is 2.32. The van der Waals surface area contributed by atoms with Crippen molar-refractivity contribution in [3.63, 3.8) is 0 Å². The lowest BCUT2D eigenvalue weighted by Crippen LogP contribution is -2.49. The molecule has 1 atom stereocenters. The van der Waals surface area contributed by atoms with E-state index in [0.29, 0.717) is 37.6 Å². The molecule has 0 bridgehead atoms. The van der Waals surface area contributed by atoms with Crippen LogP contribution in [0.4, 0.5) is 5.69 Å². The molecule has 0 spiro atoms. The molecule has 1 heterocycles. The maximum Gasteiger partial charge on any atom is 0.265 e. The summed E-state index contributed by atoms with van der Waals surface area (Å²) in [4.78, 5) is 15.4. The van der Waals surface area contributed by atoms with E-state index in [1.54, 1.807) is 35.5 Å². The Kier molecular flexibility index (Phi) is 9.59. The first-order valence-corrected chi connectivity index (χ1v) is 16.9. The molecular formula is C38H37N3O4S. The van der Waals surface area contributed by atoms with Gasteiger partial charge in [0.25, 0.3) is 5.91 Å². The SMILES string of the molecule is CC(Oc1ccc(-c2ccccc2)cc1)C(=O)Nc1ccc(S(=O)(=O)N2CCN(C(c3ccccc3)c3ccccc3)CC2)cc1. The molecule has 46 heavy (non-hydrogen) atoms. The molecule has 234 valence electrons. The summed E-state index contributed by atoms with van der Waals surface area (Å²) >= 11 is 0. The number of carbonyl (C=O) groups excluding carboxylic acids is 1. The number of piperazine rings is 1. The van der Waals surface area contributed by atoms with E-state index >= 15 is 0 Å². The minimum absolute atomic E-state index is 0.0511. The lowest BCUT2D eigenvalue weighted by molar-refractivity contribution is -0.122. The topological polar surface area (TPSA) is 78.9 Å². The third kappa shape index (κ3) is 7.21. The summed E-state index contributed by atoms with van der Waals surface area (Å²) in [6.07, 6.45) is -0.752. The Balaban J connectivity index is 1.05. The Hall–Kier alpha value is -4.76. The first-order chi connectivity index (χ1) is 22.4. The van der Waals surface area contributed by atoms with Gasteiger partial charge in [0.05, 0.1) is 10.9 Å². The minimum Gasteiger partial charge on any atom is -0.481 e. The number of rotatable bonds is 10. The van der Waals surface area contributed by atoms with Crippen LogP contribution < -0.4 is 10.1 Å². The van der Waals surface area contributed by atoms with Gasteiger partial charge in [-0.2, -0.15) is 4.31 Å². The van der Waals surface area contributed by atoms with E-state index in [1.807, 2.05) is 91.0 Å². The molecule has 5 aromatic rings. The summed E-state index contributed by atoms with van der Waals surface area (Å²) in [6.45, 7) is 3.67. The molecule has 0 aromatic heterocycles. The number of hydrogen-bond donors (Lipinski definition) is 1. The maximum atomic E-state index is 13.6. The molecule has 0 radical (unpaired) electrons. The summed E-state index contributed by atoms with van der Waals surface area (Å²) in [5, 5.41) is 2.83. The third-order valence-electron chi connectivity index (χ3n) is 8.27. The van der Waals surface area contributed by atoms with Crippen molar-refractivity contribution in [1.29, 1.82) is 0 Å². The fraction of sp³-hybridized carbons (Fsp3) is 0.184. The first-order valence-electron chi connectivity index (χ1n) is 15.5. The predicted octanol–water partition coefficient (Wildman–Crippen LogP) is 6.86. The summed E-state index contributed by atoms with van der Waals surface area (Å²) in [7, 11) is -3.70. The zero-order valence-corrected chi connectivity index (χ0v) is 26.5. The maximum absolute atomic E-state index is 13.6. The molecule has 6 rings (SSSR count). The zero-order valence-electron chi connectivity index (χ0n) is 25.7.